The lowest BCUT2D eigenvalue weighted by Gasteiger charge is -2.42. The fourth-order valence-corrected chi connectivity index (χ4v) is 11.8. The number of hydrogen-bond donors (Lipinski definition) is 3. The maximum Gasteiger partial charge on any atom is 0.405 e. The van der Waals surface area contributed by atoms with Gasteiger partial charge >= 0.3 is 12.2 Å². The Morgan fingerprint density at radius 1 is 0.914 bits per heavy atom. The number of nitriles is 1. The molecule has 0 spiro atoms. The maximum absolute atomic E-state index is 14.1. The van der Waals surface area contributed by atoms with Crippen molar-refractivity contribution in [2.45, 2.75) is 77.2 Å². The SMILES string of the molecule is C=C(F)C(=O)N1CCN(c2nc(OCC3CCN(C(=O)C4CCN(Cc5ccc(-n6c(C(=O)NCC(F)(F)F)nnc6-c6cc(C(C)C)c(O)cc6O)cc5)CC4)C3)nc3c2CCN(c2cccc4cccc(Cl)c24)C3)CC1CC#N. The lowest BCUT2D eigenvalue weighted by Crippen LogP contribution is -2.55. The average molecular weight is 1130 g/mol. The van der Waals surface area contributed by atoms with Crippen LogP contribution in [0.25, 0.3) is 27.8 Å². The molecular formula is C58H61ClF4N12O6. The van der Waals surface area contributed by atoms with Crippen LogP contribution in [0.4, 0.5) is 29.1 Å². The van der Waals surface area contributed by atoms with E-state index in [9.17, 15) is 47.4 Å². The number of piperidine rings is 1. The maximum atomic E-state index is 14.1. The largest absolute Gasteiger partial charge is 0.508 e. The second-order valence-electron chi connectivity index (χ2n) is 21.4. The minimum Gasteiger partial charge on any atom is -0.508 e. The Morgan fingerprint density at radius 2 is 1.67 bits per heavy atom. The molecule has 424 valence electrons. The van der Waals surface area contributed by atoms with Gasteiger partial charge in [-0.25, -0.2) is 4.39 Å². The predicted octanol–water partition coefficient (Wildman–Crippen LogP) is 8.47. The number of aromatic nitrogens is 5. The number of nitrogens with zero attached hydrogens (tertiary/aromatic N) is 11. The average Bonchev–Trinajstić information content (AvgIpc) is 4.34. The van der Waals surface area contributed by atoms with E-state index in [1.54, 1.807) is 12.1 Å². The molecule has 81 heavy (non-hydrogen) atoms. The number of ether oxygens (including phenoxy) is 1. The summed E-state index contributed by atoms with van der Waals surface area (Å²) in [4.78, 5) is 59.8. The number of phenolic OH excluding ortho intramolecular Hbond substituents is 2. The molecule has 6 heterocycles. The smallest absolute Gasteiger partial charge is 0.405 e. The Morgan fingerprint density at radius 3 is 2.38 bits per heavy atom. The molecule has 23 heteroatoms. The van der Waals surface area contributed by atoms with Crippen molar-refractivity contribution in [3.8, 4) is 40.7 Å². The van der Waals surface area contributed by atoms with Crippen molar-refractivity contribution >= 4 is 51.6 Å². The van der Waals surface area contributed by atoms with Gasteiger partial charge in [0.05, 0.1) is 48.0 Å². The first-order chi connectivity index (χ1) is 38.8. The molecule has 3 amide bonds. The highest BCUT2D eigenvalue weighted by Gasteiger charge is 2.37. The van der Waals surface area contributed by atoms with Gasteiger partial charge in [-0.15, -0.1) is 10.2 Å². The molecule has 18 nitrogen and oxygen atoms in total. The summed E-state index contributed by atoms with van der Waals surface area (Å²) in [5.41, 5.74) is 4.52. The molecule has 0 aliphatic carbocycles. The van der Waals surface area contributed by atoms with Crippen molar-refractivity contribution in [3.63, 3.8) is 0 Å². The Hall–Kier alpha value is -8.03. The van der Waals surface area contributed by atoms with Gasteiger partial charge in [0, 0.05) is 86.0 Å². The Labute approximate surface area is 470 Å². The second kappa shape index (κ2) is 23.6. The van der Waals surface area contributed by atoms with E-state index < -0.39 is 42.2 Å². The van der Waals surface area contributed by atoms with Gasteiger partial charge < -0.3 is 39.9 Å². The summed E-state index contributed by atoms with van der Waals surface area (Å²) in [5, 5.41) is 43.6. The molecule has 10 rings (SSSR count). The van der Waals surface area contributed by atoms with Gasteiger partial charge in [-0.1, -0.05) is 68.4 Å². The third kappa shape index (κ3) is 12.2. The first-order valence-corrected chi connectivity index (χ1v) is 27.4. The number of piperazine rings is 1. The van der Waals surface area contributed by atoms with Gasteiger partial charge in [-0.3, -0.25) is 23.9 Å². The molecule has 2 aromatic heterocycles. The summed E-state index contributed by atoms with van der Waals surface area (Å²) in [5.74, 6) is -3.58. The summed E-state index contributed by atoms with van der Waals surface area (Å²) in [6.07, 6.45) is -2.06. The molecule has 3 fully saturated rings. The molecular weight excluding hydrogens is 1070 g/mol. The number of alkyl halides is 3. The van der Waals surface area contributed by atoms with Gasteiger partial charge in [0.25, 0.3) is 11.8 Å². The van der Waals surface area contributed by atoms with Crippen molar-refractivity contribution in [2.24, 2.45) is 11.8 Å². The fourth-order valence-electron chi connectivity index (χ4n) is 11.5. The molecule has 3 N–H and O–H groups in total. The minimum atomic E-state index is -4.68. The fraction of sp³-hybridized carbons (Fsp3) is 0.414. The third-order valence-electron chi connectivity index (χ3n) is 15.7. The second-order valence-corrected chi connectivity index (χ2v) is 21.8. The molecule has 2 unspecified atom stereocenters. The van der Waals surface area contributed by atoms with Gasteiger partial charge in [0.1, 0.15) is 23.9 Å². The number of rotatable bonds is 15. The number of halogens is 5. The van der Waals surface area contributed by atoms with Crippen LogP contribution in [0.5, 0.6) is 17.5 Å². The number of benzene rings is 4. The van der Waals surface area contributed by atoms with Crippen molar-refractivity contribution in [2.75, 3.05) is 75.3 Å². The van der Waals surface area contributed by atoms with E-state index in [0.717, 1.165) is 45.8 Å². The number of carbonyl (C=O) groups excluding carboxylic acids is 3. The third-order valence-corrected chi connectivity index (χ3v) is 16.0. The van der Waals surface area contributed by atoms with Crippen molar-refractivity contribution in [1.29, 1.82) is 5.26 Å². The first-order valence-electron chi connectivity index (χ1n) is 27.0. The standard InChI is InChI=1S/C58H61ClF4N12O6/c1-34(2)43-26-44(49(77)27-48(43)76)52-68-69-53(54(78)65-33-58(61,62)63)75(52)40-12-10-36(11-13-40)28-70-20-16-39(17-21-70)56(80)73-22-15-37(29-73)32-81-57-66-46-31-71(47-9-5-7-38-6-4-8-45(59)50(38)47)23-18-42(46)51(67-57)72-24-25-74(55(79)35(3)60)41(30-72)14-19-64/h4-13,26-27,34,37,39,41,76-77H,3,14-18,20-25,28-33H2,1-2H3,(H,65,78). The number of amides is 3. The van der Waals surface area contributed by atoms with Crippen molar-refractivity contribution in [3.05, 3.63) is 118 Å². The Kier molecular flexibility index (Phi) is 16.4. The predicted molar refractivity (Wildman–Crippen MR) is 295 cm³/mol. The van der Waals surface area contributed by atoms with E-state index >= 15 is 0 Å². The Balaban J connectivity index is 0.785. The van der Waals surface area contributed by atoms with Crippen LogP contribution in [0.15, 0.2) is 85.2 Å². The number of anilines is 2. The number of likely N-dealkylation sites (tertiary alicyclic amines) is 2. The molecule has 0 saturated carbocycles. The normalized spacial score (nSPS) is 18.1. The number of hydrogen-bond acceptors (Lipinski definition) is 14. The van der Waals surface area contributed by atoms with Crippen molar-refractivity contribution in [1.82, 2.24) is 44.7 Å². The van der Waals surface area contributed by atoms with Crippen LogP contribution < -0.4 is 19.9 Å². The van der Waals surface area contributed by atoms with E-state index in [2.05, 4.69) is 32.6 Å². The van der Waals surface area contributed by atoms with Crippen LogP contribution >= 0.6 is 11.6 Å². The van der Waals surface area contributed by atoms with Crippen LogP contribution in [0.2, 0.25) is 5.02 Å². The molecule has 6 aromatic rings. The highest BCUT2D eigenvalue weighted by Crippen LogP contribution is 2.40. The van der Waals surface area contributed by atoms with Crippen LogP contribution in [0, 0.1) is 23.2 Å². The summed E-state index contributed by atoms with van der Waals surface area (Å²) in [6.45, 7) is 10.3. The lowest BCUT2D eigenvalue weighted by molar-refractivity contribution is -0.136. The van der Waals surface area contributed by atoms with Crippen LogP contribution in [-0.4, -0.2) is 145 Å². The molecule has 0 bridgehead atoms. The zero-order chi connectivity index (χ0) is 57.3. The van der Waals surface area contributed by atoms with E-state index in [0.29, 0.717) is 93.7 Å². The number of fused-ring (bicyclic) bond motifs is 2. The number of carbonyl (C=O) groups is 3. The molecule has 3 saturated heterocycles. The summed E-state index contributed by atoms with van der Waals surface area (Å²) in [7, 11) is 0. The zero-order valence-corrected chi connectivity index (χ0v) is 45.6. The van der Waals surface area contributed by atoms with E-state index in [-0.39, 0.29) is 78.7 Å². The van der Waals surface area contributed by atoms with E-state index in [4.69, 9.17) is 26.3 Å². The molecule has 2 atom stereocenters. The van der Waals surface area contributed by atoms with Crippen molar-refractivity contribution < 1.29 is 46.9 Å². The van der Waals surface area contributed by atoms with Crippen LogP contribution in [-0.2, 0) is 29.1 Å². The number of nitrogens with one attached hydrogen (secondary N) is 1. The monoisotopic (exact) mass is 1130 g/mol. The van der Waals surface area contributed by atoms with Crippen LogP contribution in [0.1, 0.15) is 78.5 Å². The van der Waals surface area contributed by atoms with E-state index in [1.165, 1.54) is 15.5 Å². The van der Waals surface area contributed by atoms with Gasteiger partial charge in [0.15, 0.2) is 11.7 Å². The van der Waals surface area contributed by atoms with Gasteiger partial charge in [-0.2, -0.15) is 28.4 Å². The molecule has 4 aromatic carbocycles. The number of phenols is 2. The molecule has 4 aliphatic rings. The summed E-state index contributed by atoms with van der Waals surface area (Å²) < 4.78 is 61.3. The molecule has 0 radical (unpaired) electrons. The van der Waals surface area contributed by atoms with Crippen LogP contribution in [0.3, 0.4) is 0 Å². The summed E-state index contributed by atoms with van der Waals surface area (Å²) >= 11 is 6.78. The highest BCUT2D eigenvalue weighted by atomic mass is 35.5. The first kappa shape index (κ1) is 56.3. The Bertz CT molecular complexity index is 3410. The lowest BCUT2D eigenvalue weighted by atomic mass is 9.95. The summed E-state index contributed by atoms with van der Waals surface area (Å²) in [6, 6.07) is 23.3. The number of aromatic hydroxyl groups is 2. The van der Waals surface area contributed by atoms with E-state index in [1.807, 2.05) is 77.5 Å². The topological polar surface area (TPSA) is 209 Å². The molecule has 4 aliphatic heterocycles. The van der Waals surface area contributed by atoms with Gasteiger partial charge in [-0.05, 0) is 91.5 Å². The minimum absolute atomic E-state index is 0.00617. The quantitative estimate of drug-likeness (QED) is 0.0651. The van der Waals surface area contributed by atoms with Gasteiger partial charge in [0.2, 0.25) is 11.7 Å². The highest BCUT2D eigenvalue weighted by molar-refractivity contribution is 6.36. The zero-order valence-electron chi connectivity index (χ0n) is 44.8.